The standard InChI is InChI=1S/C12H13ClN2O2S/c1-7-4-9(12-14-8(2)5-18-12)15-11(13)10(7)17-6-16-3/h4-5H,6H2,1-3H3. The number of hydrogen-bond acceptors (Lipinski definition) is 5. The van der Waals surface area contributed by atoms with Gasteiger partial charge in [0.25, 0.3) is 0 Å². The van der Waals surface area contributed by atoms with Gasteiger partial charge in [0, 0.05) is 18.2 Å². The number of aromatic nitrogens is 2. The fourth-order valence-electron chi connectivity index (χ4n) is 1.49. The first-order valence-corrected chi connectivity index (χ1v) is 6.59. The minimum absolute atomic E-state index is 0.151. The van der Waals surface area contributed by atoms with Crippen LogP contribution in [0.2, 0.25) is 5.15 Å². The second-order valence-corrected chi connectivity index (χ2v) is 5.01. The summed E-state index contributed by atoms with van der Waals surface area (Å²) in [5.41, 5.74) is 2.65. The summed E-state index contributed by atoms with van der Waals surface area (Å²) in [6, 6.07) is 1.91. The third-order valence-corrected chi connectivity index (χ3v) is 3.52. The Morgan fingerprint density at radius 2 is 2.11 bits per heavy atom. The van der Waals surface area contributed by atoms with Crippen molar-refractivity contribution in [1.29, 1.82) is 0 Å². The lowest BCUT2D eigenvalue weighted by Gasteiger charge is -2.10. The summed E-state index contributed by atoms with van der Waals surface area (Å²) in [7, 11) is 1.56. The number of thiazole rings is 1. The van der Waals surface area contributed by atoms with E-state index >= 15 is 0 Å². The maximum atomic E-state index is 6.11. The molecule has 0 spiro atoms. The quantitative estimate of drug-likeness (QED) is 0.637. The molecule has 0 aliphatic carbocycles. The molecular formula is C12H13ClN2O2S. The van der Waals surface area contributed by atoms with E-state index in [-0.39, 0.29) is 6.79 Å². The minimum Gasteiger partial charge on any atom is -0.464 e. The molecule has 2 rings (SSSR count). The predicted octanol–water partition coefficient (Wildman–Crippen LogP) is 3.46. The van der Waals surface area contributed by atoms with Crippen molar-refractivity contribution in [2.75, 3.05) is 13.9 Å². The molecule has 6 heteroatoms. The molecule has 4 nitrogen and oxygen atoms in total. The molecule has 0 aromatic carbocycles. The monoisotopic (exact) mass is 284 g/mol. The van der Waals surface area contributed by atoms with Crippen LogP contribution in [-0.4, -0.2) is 23.9 Å². The first-order valence-electron chi connectivity index (χ1n) is 5.33. The van der Waals surface area contributed by atoms with Gasteiger partial charge in [0.2, 0.25) is 0 Å². The Balaban J connectivity index is 2.36. The van der Waals surface area contributed by atoms with Crippen molar-refractivity contribution in [1.82, 2.24) is 9.97 Å². The van der Waals surface area contributed by atoms with Gasteiger partial charge in [-0.1, -0.05) is 11.6 Å². The Kier molecular flexibility index (Phi) is 4.16. The minimum atomic E-state index is 0.151. The van der Waals surface area contributed by atoms with E-state index in [9.17, 15) is 0 Å². The van der Waals surface area contributed by atoms with Crippen LogP contribution in [0.3, 0.4) is 0 Å². The van der Waals surface area contributed by atoms with Crippen LogP contribution in [0.25, 0.3) is 10.7 Å². The van der Waals surface area contributed by atoms with Crippen LogP contribution in [-0.2, 0) is 4.74 Å². The molecule has 18 heavy (non-hydrogen) atoms. The van der Waals surface area contributed by atoms with Crippen LogP contribution < -0.4 is 4.74 Å². The highest BCUT2D eigenvalue weighted by atomic mass is 35.5. The predicted molar refractivity (Wildman–Crippen MR) is 72.3 cm³/mol. The van der Waals surface area contributed by atoms with Gasteiger partial charge in [0.1, 0.15) is 10.7 Å². The number of nitrogens with zero attached hydrogens (tertiary/aromatic N) is 2. The molecule has 2 heterocycles. The molecule has 96 valence electrons. The van der Waals surface area contributed by atoms with E-state index in [4.69, 9.17) is 21.1 Å². The van der Waals surface area contributed by atoms with Gasteiger partial charge in [0.15, 0.2) is 17.7 Å². The van der Waals surface area contributed by atoms with Gasteiger partial charge in [-0.15, -0.1) is 11.3 Å². The van der Waals surface area contributed by atoms with Crippen LogP contribution in [0.5, 0.6) is 5.75 Å². The zero-order valence-electron chi connectivity index (χ0n) is 10.4. The first-order chi connectivity index (χ1) is 8.61. The van der Waals surface area contributed by atoms with E-state index in [0.717, 1.165) is 22.0 Å². The number of ether oxygens (including phenoxy) is 2. The molecule has 0 atom stereocenters. The Labute approximate surface area is 115 Å². The normalized spacial score (nSPS) is 10.7. The summed E-state index contributed by atoms with van der Waals surface area (Å²) >= 11 is 7.66. The molecule has 2 aromatic heterocycles. The maximum Gasteiger partial charge on any atom is 0.188 e. The topological polar surface area (TPSA) is 44.2 Å². The smallest absolute Gasteiger partial charge is 0.188 e. The van der Waals surface area contributed by atoms with Gasteiger partial charge in [-0.2, -0.15) is 0 Å². The summed E-state index contributed by atoms with van der Waals surface area (Å²) in [6.45, 7) is 4.02. The lowest BCUT2D eigenvalue weighted by Crippen LogP contribution is -2.02. The van der Waals surface area contributed by atoms with E-state index in [2.05, 4.69) is 9.97 Å². The lowest BCUT2D eigenvalue weighted by atomic mass is 10.2. The molecule has 0 fully saturated rings. The van der Waals surface area contributed by atoms with Crippen LogP contribution in [0.15, 0.2) is 11.4 Å². The zero-order chi connectivity index (χ0) is 13.1. The van der Waals surface area contributed by atoms with Crippen LogP contribution >= 0.6 is 22.9 Å². The van der Waals surface area contributed by atoms with Crippen LogP contribution in [0, 0.1) is 13.8 Å². The molecule has 0 aliphatic rings. The molecule has 0 bridgehead atoms. The second-order valence-electron chi connectivity index (χ2n) is 3.79. The van der Waals surface area contributed by atoms with Crippen molar-refractivity contribution in [2.45, 2.75) is 13.8 Å². The van der Waals surface area contributed by atoms with E-state index in [0.29, 0.717) is 10.9 Å². The van der Waals surface area contributed by atoms with Gasteiger partial charge < -0.3 is 9.47 Å². The summed E-state index contributed by atoms with van der Waals surface area (Å²) < 4.78 is 10.2. The summed E-state index contributed by atoms with van der Waals surface area (Å²) in [5, 5.41) is 3.17. The van der Waals surface area contributed by atoms with E-state index in [1.54, 1.807) is 18.4 Å². The Morgan fingerprint density at radius 3 is 2.67 bits per heavy atom. The maximum absolute atomic E-state index is 6.11. The van der Waals surface area contributed by atoms with Crippen molar-refractivity contribution in [3.63, 3.8) is 0 Å². The summed E-state index contributed by atoms with van der Waals surface area (Å²) in [6.07, 6.45) is 0. The number of aryl methyl sites for hydroxylation is 2. The van der Waals surface area contributed by atoms with Gasteiger partial charge in [-0.3, -0.25) is 0 Å². The molecule has 0 aliphatic heterocycles. The van der Waals surface area contributed by atoms with Crippen molar-refractivity contribution in [3.05, 3.63) is 27.9 Å². The molecule has 0 amide bonds. The van der Waals surface area contributed by atoms with E-state index < -0.39 is 0 Å². The van der Waals surface area contributed by atoms with Crippen molar-refractivity contribution >= 4 is 22.9 Å². The van der Waals surface area contributed by atoms with Crippen LogP contribution in [0.1, 0.15) is 11.3 Å². The first kappa shape index (κ1) is 13.3. The molecule has 0 unspecified atom stereocenters. The fraction of sp³-hybridized carbons (Fsp3) is 0.333. The average Bonchev–Trinajstić information content (AvgIpc) is 2.75. The summed E-state index contributed by atoms with van der Waals surface area (Å²) in [4.78, 5) is 8.69. The number of halogens is 1. The molecule has 0 saturated carbocycles. The highest BCUT2D eigenvalue weighted by Crippen LogP contribution is 2.32. The number of hydrogen-bond donors (Lipinski definition) is 0. The highest BCUT2D eigenvalue weighted by molar-refractivity contribution is 7.13. The Bertz CT molecular complexity index is 534. The third-order valence-electron chi connectivity index (χ3n) is 2.28. The van der Waals surface area contributed by atoms with Gasteiger partial charge in [-0.05, 0) is 25.5 Å². The van der Waals surface area contributed by atoms with E-state index in [1.165, 1.54) is 0 Å². The molecule has 0 radical (unpaired) electrons. The second kappa shape index (κ2) is 5.65. The summed E-state index contributed by atoms with van der Waals surface area (Å²) in [5.74, 6) is 0.551. The fourth-order valence-corrected chi connectivity index (χ4v) is 2.55. The van der Waals surface area contributed by atoms with Gasteiger partial charge >= 0.3 is 0 Å². The lowest BCUT2D eigenvalue weighted by molar-refractivity contribution is 0.0504. The molecule has 0 saturated heterocycles. The highest BCUT2D eigenvalue weighted by Gasteiger charge is 2.12. The third kappa shape index (κ3) is 2.80. The largest absolute Gasteiger partial charge is 0.464 e. The Hall–Kier alpha value is -1.17. The number of pyridine rings is 1. The number of rotatable bonds is 4. The zero-order valence-corrected chi connectivity index (χ0v) is 11.9. The van der Waals surface area contributed by atoms with Crippen molar-refractivity contribution in [2.24, 2.45) is 0 Å². The Morgan fingerprint density at radius 1 is 1.33 bits per heavy atom. The average molecular weight is 285 g/mol. The number of methoxy groups -OCH3 is 1. The van der Waals surface area contributed by atoms with Crippen molar-refractivity contribution in [3.8, 4) is 16.5 Å². The molecule has 0 N–H and O–H groups in total. The van der Waals surface area contributed by atoms with Crippen LogP contribution in [0.4, 0.5) is 0 Å². The van der Waals surface area contributed by atoms with Gasteiger partial charge in [-0.25, -0.2) is 9.97 Å². The molecular weight excluding hydrogens is 272 g/mol. The SMILES string of the molecule is COCOc1c(C)cc(-c2nc(C)cs2)nc1Cl. The van der Waals surface area contributed by atoms with Crippen molar-refractivity contribution < 1.29 is 9.47 Å². The molecule has 2 aromatic rings. The van der Waals surface area contributed by atoms with Gasteiger partial charge in [0.05, 0.1) is 0 Å². The van der Waals surface area contributed by atoms with E-state index in [1.807, 2.05) is 25.3 Å².